The molecule has 0 aliphatic carbocycles. The first-order valence-electron chi connectivity index (χ1n) is 37.1. The van der Waals surface area contributed by atoms with E-state index in [1.165, 1.54) is 218 Å². The maximum absolute atomic E-state index is 13.5. The summed E-state index contributed by atoms with van der Waals surface area (Å²) in [7, 11) is 0. The second-order valence-electron chi connectivity index (χ2n) is 25.7. The normalized spacial score (nSPS) is 18.6. The first-order valence-corrected chi connectivity index (χ1v) is 37.1. The number of allylic oxidation sites excluding steroid dienone is 9. The van der Waals surface area contributed by atoms with Gasteiger partial charge in [0.05, 0.1) is 25.4 Å². The van der Waals surface area contributed by atoms with Crippen molar-refractivity contribution in [2.75, 3.05) is 13.2 Å². The van der Waals surface area contributed by atoms with Crippen LogP contribution in [0.25, 0.3) is 0 Å². The fourth-order valence-electron chi connectivity index (χ4n) is 11.6. The number of nitrogens with one attached hydrogen (secondary N) is 1. The zero-order valence-electron chi connectivity index (χ0n) is 56.6. The van der Waals surface area contributed by atoms with E-state index in [-0.39, 0.29) is 19.4 Å². The molecule has 508 valence electrons. The lowest BCUT2D eigenvalue weighted by molar-refractivity contribution is -0.305. The van der Waals surface area contributed by atoms with E-state index in [2.05, 4.69) is 74.7 Å². The predicted molar refractivity (Wildman–Crippen MR) is 366 cm³/mol. The topological polar surface area (TPSA) is 175 Å². The van der Waals surface area contributed by atoms with Crippen LogP contribution in [0.1, 0.15) is 348 Å². The Morgan fingerprint density at radius 2 is 0.793 bits per heavy atom. The molecular formula is C76H139NO10. The molecule has 1 amide bonds. The molecule has 0 saturated carbocycles. The molecule has 1 aliphatic heterocycles. The fraction of sp³-hybridized carbons (Fsp3) is 0.842. The highest BCUT2D eigenvalue weighted by molar-refractivity contribution is 5.80. The van der Waals surface area contributed by atoms with Crippen molar-refractivity contribution in [1.29, 1.82) is 0 Å². The molecule has 0 aromatic carbocycles. The number of ether oxygens (including phenoxy) is 3. The van der Waals surface area contributed by atoms with Gasteiger partial charge in [0.15, 0.2) is 12.4 Å². The summed E-state index contributed by atoms with van der Waals surface area (Å²) in [5.41, 5.74) is 0. The summed E-state index contributed by atoms with van der Waals surface area (Å²) in [6.45, 7) is 5.79. The molecule has 1 fully saturated rings. The number of hydrogen-bond donors (Lipinski definition) is 6. The molecule has 8 unspecified atom stereocenters. The lowest BCUT2D eigenvalue weighted by Crippen LogP contribution is -2.61. The molecule has 1 aliphatic rings. The molecule has 0 radical (unpaired) electrons. The Morgan fingerprint density at radius 3 is 1.21 bits per heavy atom. The number of carbonyl (C=O) groups is 2. The minimum atomic E-state index is -1.62. The Labute approximate surface area is 535 Å². The summed E-state index contributed by atoms with van der Waals surface area (Å²) in [6, 6.07) is -1.04. The molecular weight excluding hydrogens is 1090 g/mol. The van der Waals surface area contributed by atoms with Crippen LogP contribution in [0.15, 0.2) is 60.8 Å². The van der Waals surface area contributed by atoms with E-state index in [0.29, 0.717) is 12.8 Å². The third-order valence-electron chi connectivity index (χ3n) is 17.4. The van der Waals surface area contributed by atoms with Crippen LogP contribution in [-0.4, -0.2) is 99.6 Å². The zero-order valence-corrected chi connectivity index (χ0v) is 56.6. The van der Waals surface area contributed by atoms with Gasteiger partial charge >= 0.3 is 5.97 Å². The summed E-state index contributed by atoms with van der Waals surface area (Å²) >= 11 is 0. The lowest BCUT2D eigenvalue weighted by atomic mass is 9.99. The van der Waals surface area contributed by atoms with Gasteiger partial charge in [-0.1, -0.05) is 332 Å². The number of unbranched alkanes of at least 4 members (excludes halogenated alkanes) is 42. The van der Waals surface area contributed by atoms with Crippen LogP contribution >= 0.6 is 0 Å². The van der Waals surface area contributed by atoms with Crippen molar-refractivity contribution in [3.63, 3.8) is 0 Å². The average Bonchev–Trinajstić information content (AvgIpc) is 1.56. The number of hydrogen-bond acceptors (Lipinski definition) is 10. The number of esters is 1. The molecule has 8 atom stereocenters. The van der Waals surface area contributed by atoms with E-state index in [1.807, 2.05) is 6.08 Å². The summed E-state index contributed by atoms with van der Waals surface area (Å²) in [6.07, 6.45) is 71.4. The smallest absolute Gasteiger partial charge is 0.306 e. The Kier molecular flexibility index (Phi) is 60.1. The summed E-state index contributed by atoms with van der Waals surface area (Å²) in [5.74, 6) is -1.20. The van der Waals surface area contributed by atoms with Crippen molar-refractivity contribution < 1.29 is 49.3 Å². The van der Waals surface area contributed by atoms with E-state index in [9.17, 15) is 35.1 Å². The Hall–Kier alpha value is -2.64. The summed E-state index contributed by atoms with van der Waals surface area (Å²) in [5, 5.41) is 57.2. The van der Waals surface area contributed by atoms with Crippen LogP contribution in [0.5, 0.6) is 0 Å². The van der Waals surface area contributed by atoms with Crippen LogP contribution in [0.4, 0.5) is 0 Å². The Morgan fingerprint density at radius 1 is 0.448 bits per heavy atom. The van der Waals surface area contributed by atoms with Crippen molar-refractivity contribution in [3.8, 4) is 0 Å². The largest absolute Gasteiger partial charge is 0.454 e. The third kappa shape index (κ3) is 50.7. The van der Waals surface area contributed by atoms with Crippen LogP contribution < -0.4 is 5.32 Å². The molecule has 6 N–H and O–H groups in total. The molecule has 11 nitrogen and oxygen atoms in total. The fourth-order valence-corrected chi connectivity index (χ4v) is 11.6. The maximum Gasteiger partial charge on any atom is 0.306 e. The van der Waals surface area contributed by atoms with Gasteiger partial charge in [-0.2, -0.15) is 0 Å². The molecule has 0 bridgehead atoms. The number of rotatable bonds is 64. The minimum absolute atomic E-state index is 0.124. The summed E-state index contributed by atoms with van der Waals surface area (Å²) in [4.78, 5) is 26.7. The monoisotopic (exact) mass is 1230 g/mol. The van der Waals surface area contributed by atoms with Crippen molar-refractivity contribution in [3.05, 3.63) is 60.8 Å². The number of aliphatic hydroxyl groups excluding tert-OH is 5. The summed E-state index contributed by atoms with van der Waals surface area (Å²) < 4.78 is 17.7. The highest BCUT2D eigenvalue weighted by Gasteiger charge is 2.47. The molecule has 0 aromatic rings. The number of amides is 1. The first kappa shape index (κ1) is 82.4. The zero-order chi connectivity index (χ0) is 63.1. The van der Waals surface area contributed by atoms with E-state index in [4.69, 9.17) is 14.2 Å². The van der Waals surface area contributed by atoms with Gasteiger partial charge in [-0.3, -0.25) is 9.59 Å². The van der Waals surface area contributed by atoms with Crippen LogP contribution in [-0.2, 0) is 23.8 Å². The second-order valence-corrected chi connectivity index (χ2v) is 25.7. The average molecular weight is 1230 g/mol. The molecule has 1 saturated heterocycles. The van der Waals surface area contributed by atoms with Crippen LogP contribution in [0, 0.1) is 0 Å². The molecule has 0 spiro atoms. The second kappa shape index (κ2) is 63.5. The van der Waals surface area contributed by atoms with Crippen LogP contribution in [0.3, 0.4) is 0 Å². The van der Waals surface area contributed by atoms with E-state index in [1.54, 1.807) is 6.08 Å². The highest BCUT2D eigenvalue weighted by Crippen LogP contribution is 2.26. The van der Waals surface area contributed by atoms with E-state index in [0.717, 1.165) is 83.5 Å². The van der Waals surface area contributed by atoms with E-state index >= 15 is 0 Å². The standard InChI is InChI=1S/C76H139NO10/c1-4-7-10-13-16-19-22-24-26-28-30-32-33-34-35-36-37-38-40-42-44-46-49-52-55-58-61-64-71(81)87-74-73(83)72(82)70(65-78)86-76(74)85-66-67(68(79)62-59-56-53-50-47-21-18-15-12-9-6-3)77-75(84)69(80)63-60-57-54-51-48-45-43-41-39-31-29-27-25-23-20-17-14-11-8-5-2/h17,20,25,27,31,39,43,45,59,62,67-70,72-74,76,78-80,82-83H,4-16,18-19,21-24,26,28-30,32-38,40-42,44,46-58,60-61,63-66H2,1-3H3,(H,77,84)/b20-17-,27-25-,39-31-,45-43-,62-59+. The molecule has 11 heteroatoms. The quantitative estimate of drug-likeness (QED) is 0.0195. The van der Waals surface area contributed by atoms with Gasteiger partial charge in [-0.25, -0.2) is 0 Å². The van der Waals surface area contributed by atoms with Gasteiger partial charge < -0.3 is 45.1 Å². The van der Waals surface area contributed by atoms with E-state index < -0.39 is 67.4 Å². The lowest BCUT2D eigenvalue weighted by Gasteiger charge is -2.41. The Balaban J connectivity index is 2.52. The van der Waals surface area contributed by atoms with Gasteiger partial charge in [0, 0.05) is 6.42 Å². The molecule has 1 heterocycles. The molecule has 87 heavy (non-hydrogen) atoms. The van der Waals surface area contributed by atoms with Gasteiger partial charge in [0.2, 0.25) is 5.91 Å². The van der Waals surface area contributed by atoms with Gasteiger partial charge in [-0.05, 0) is 70.6 Å². The molecule has 0 aromatic heterocycles. The van der Waals surface area contributed by atoms with Gasteiger partial charge in [0.25, 0.3) is 0 Å². The van der Waals surface area contributed by atoms with Crippen molar-refractivity contribution in [2.45, 2.75) is 397 Å². The Bertz CT molecular complexity index is 1650. The van der Waals surface area contributed by atoms with Crippen LogP contribution in [0.2, 0.25) is 0 Å². The maximum atomic E-state index is 13.5. The minimum Gasteiger partial charge on any atom is -0.454 e. The van der Waals surface area contributed by atoms with Crippen molar-refractivity contribution in [1.82, 2.24) is 5.32 Å². The SMILES string of the molecule is CCCCC/C=C\C/C=C\C/C=C\C/C=C\CCCCCCC(O)C(=O)NC(COC1OC(CO)C(O)C(O)C1OC(=O)CCCCCCCCCCCCCCCCCCCCCCCCCCCCC)C(O)/C=C/CCCCCCCCCCC. The number of carbonyl (C=O) groups excluding carboxylic acids is 2. The van der Waals surface area contributed by atoms with Crippen molar-refractivity contribution in [2.24, 2.45) is 0 Å². The van der Waals surface area contributed by atoms with Crippen molar-refractivity contribution >= 4 is 11.9 Å². The number of aliphatic hydroxyl groups is 5. The van der Waals surface area contributed by atoms with Gasteiger partial charge in [0.1, 0.15) is 24.4 Å². The van der Waals surface area contributed by atoms with Gasteiger partial charge in [-0.15, -0.1) is 0 Å². The highest BCUT2D eigenvalue weighted by atomic mass is 16.7. The first-order chi connectivity index (χ1) is 42.7. The molecule has 1 rings (SSSR count). The third-order valence-corrected chi connectivity index (χ3v) is 17.4. The predicted octanol–water partition coefficient (Wildman–Crippen LogP) is 19.3.